The van der Waals surface area contributed by atoms with E-state index >= 15 is 0 Å². The van der Waals surface area contributed by atoms with E-state index in [1.807, 2.05) is 39.8 Å². The van der Waals surface area contributed by atoms with Gasteiger partial charge >= 0.3 is 15.2 Å². The molecule has 0 fully saturated rings. The molecule has 35 heavy (non-hydrogen) atoms. The first-order valence-corrected chi connectivity index (χ1v) is 16.2. The maximum Gasteiger partial charge on any atom is 0.335 e. The SMILES string of the molecule is CCCC1(C)c2cc(CP(=O)(OCC)OCC)ccc2-c2ccc(CP(=O)(OCC)OCC)cc21. The van der Waals surface area contributed by atoms with E-state index in [9.17, 15) is 9.13 Å². The first kappa shape index (κ1) is 28.3. The Balaban J connectivity index is 2.02. The fraction of sp³-hybridized carbons (Fsp3) is 0.556. The summed E-state index contributed by atoms with van der Waals surface area (Å²) in [6.45, 7) is 13.2. The van der Waals surface area contributed by atoms with Crippen LogP contribution in [0.3, 0.4) is 0 Å². The van der Waals surface area contributed by atoms with Gasteiger partial charge in [-0.3, -0.25) is 9.13 Å². The summed E-state index contributed by atoms with van der Waals surface area (Å²) in [5.41, 5.74) is 6.50. The zero-order valence-corrected chi connectivity index (χ0v) is 23.8. The lowest BCUT2D eigenvalue weighted by Crippen LogP contribution is -2.20. The molecule has 0 saturated heterocycles. The van der Waals surface area contributed by atoms with Gasteiger partial charge in [-0.2, -0.15) is 0 Å². The molecule has 0 atom stereocenters. The zero-order valence-electron chi connectivity index (χ0n) is 22.0. The van der Waals surface area contributed by atoms with Crippen LogP contribution in [0.15, 0.2) is 36.4 Å². The molecule has 0 amide bonds. The topological polar surface area (TPSA) is 71.1 Å². The Labute approximate surface area is 210 Å². The smallest absolute Gasteiger partial charge is 0.309 e. The van der Waals surface area contributed by atoms with Gasteiger partial charge in [-0.1, -0.05) is 56.7 Å². The Morgan fingerprint density at radius 3 is 1.34 bits per heavy atom. The summed E-state index contributed by atoms with van der Waals surface area (Å²) in [6, 6.07) is 12.6. The molecule has 0 aliphatic heterocycles. The van der Waals surface area contributed by atoms with Gasteiger partial charge in [0.15, 0.2) is 0 Å². The number of rotatable bonds is 14. The molecule has 0 saturated carbocycles. The lowest BCUT2D eigenvalue weighted by Gasteiger charge is -2.28. The molecule has 0 aromatic heterocycles. The molecule has 0 unspecified atom stereocenters. The van der Waals surface area contributed by atoms with Gasteiger partial charge in [-0.05, 0) is 67.5 Å². The highest BCUT2D eigenvalue weighted by atomic mass is 31.2. The molecule has 0 N–H and O–H groups in total. The van der Waals surface area contributed by atoms with Gasteiger partial charge in [-0.25, -0.2) is 0 Å². The Morgan fingerprint density at radius 1 is 0.657 bits per heavy atom. The minimum absolute atomic E-state index is 0.214. The monoisotopic (exact) mass is 522 g/mol. The van der Waals surface area contributed by atoms with Crippen molar-refractivity contribution in [2.24, 2.45) is 0 Å². The van der Waals surface area contributed by atoms with E-state index in [4.69, 9.17) is 18.1 Å². The van der Waals surface area contributed by atoms with Crippen molar-refractivity contribution in [3.63, 3.8) is 0 Å². The molecule has 0 radical (unpaired) electrons. The molecule has 194 valence electrons. The third-order valence-corrected chi connectivity index (χ3v) is 10.6. The Bertz CT molecular complexity index is 1010. The van der Waals surface area contributed by atoms with E-state index in [1.54, 1.807) is 0 Å². The van der Waals surface area contributed by atoms with Crippen molar-refractivity contribution in [1.82, 2.24) is 0 Å². The Kier molecular flexibility index (Phi) is 9.59. The highest BCUT2D eigenvalue weighted by Gasteiger charge is 2.40. The molecule has 2 aromatic rings. The lowest BCUT2D eigenvalue weighted by molar-refractivity contribution is 0.218. The Morgan fingerprint density at radius 2 is 1.03 bits per heavy atom. The third-order valence-electron chi connectivity index (χ3n) is 6.45. The predicted octanol–water partition coefficient (Wildman–Crippen LogP) is 8.31. The summed E-state index contributed by atoms with van der Waals surface area (Å²) in [7, 11) is -6.40. The van der Waals surface area contributed by atoms with Crippen molar-refractivity contribution in [1.29, 1.82) is 0 Å². The summed E-state index contributed by atoms with van der Waals surface area (Å²) in [5.74, 6) is 0. The average Bonchev–Trinajstić information content (AvgIpc) is 3.02. The van der Waals surface area contributed by atoms with Crippen LogP contribution in [0, 0.1) is 0 Å². The first-order valence-electron chi connectivity index (χ1n) is 12.7. The number of hydrogen-bond donors (Lipinski definition) is 0. The normalized spacial score (nSPS) is 14.7. The maximum atomic E-state index is 13.2. The van der Waals surface area contributed by atoms with Gasteiger partial charge < -0.3 is 18.1 Å². The number of benzene rings is 2. The van der Waals surface area contributed by atoms with Crippen molar-refractivity contribution in [2.75, 3.05) is 26.4 Å². The van der Waals surface area contributed by atoms with Crippen molar-refractivity contribution in [3.05, 3.63) is 58.7 Å². The van der Waals surface area contributed by atoms with Gasteiger partial charge in [0.05, 0.1) is 38.8 Å². The fourth-order valence-electron chi connectivity index (χ4n) is 5.17. The molecule has 1 aliphatic carbocycles. The van der Waals surface area contributed by atoms with Gasteiger partial charge in [0.2, 0.25) is 0 Å². The van der Waals surface area contributed by atoms with E-state index in [-0.39, 0.29) is 17.7 Å². The van der Waals surface area contributed by atoms with Gasteiger partial charge in [0, 0.05) is 5.41 Å². The molecule has 3 rings (SSSR count). The van der Waals surface area contributed by atoms with Crippen LogP contribution in [-0.4, -0.2) is 26.4 Å². The van der Waals surface area contributed by atoms with Gasteiger partial charge in [0.1, 0.15) is 0 Å². The molecule has 0 heterocycles. The maximum absolute atomic E-state index is 13.2. The zero-order chi connectivity index (χ0) is 25.7. The van der Waals surface area contributed by atoms with Crippen molar-refractivity contribution in [2.45, 2.75) is 72.1 Å². The summed E-state index contributed by atoms with van der Waals surface area (Å²) in [6.07, 6.45) is 2.47. The summed E-state index contributed by atoms with van der Waals surface area (Å²) < 4.78 is 48.5. The first-order chi connectivity index (χ1) is 16.7. The van der Waals surface area contributed by atoms with Gasteiger partial charge in [0.25, 0.3) is 0 Å². The molecular formula is C27H40O6P2. The van der Waals surface area contributed by atoms with Crippen LogP contribution in [0.4, 0.5) is 0 Å². The van der Waals surface area contributed by atoms with E-state index in [1.165, 1.54) is 22.3 Å². The summed E-state index contributed by atoms with van der Waals surface area (Å²) in [4.78, 5) is 0. The quantitative estimate of drug-likeness (QED) is 0.232. The standard InChI is InChI=1S/C27H40O6P2/c1-7-16-27(6)25-17-21(19-34(28,30-8-2)31-9-3)12-14-23(25)24-15-13-22(18-26(24)27)20-35(29,32-10-4)33-11-5/h12-15,17-18H,7-11,16,19-20H2,1-6H3. The van der Waals surface area contributed by atoms with Crippen molar-refractivity contribution >= 4 is 15.2 Å². The van der Waals surface area contributed by atoms with Crippen LogP contribution in [0.2, 0.25) is 0 Å². The fourth-order valence-corrected chi connectivity index (χ4v) is 8.54. The largest absolute Gasteiger partial charge is 0.335 e. The van der Waals surface area contributed by atoms with Crippen LogP contribution in [0.1, 0.15) is 76.6 Å². The van der Waals surface area contributed by atoms with Crippen molar-refractivity contribution in [3.8, 4) is 11.1 Å². The van der Waals surface area contributed by atoms with Crippen LogP contribution in [0.5, 0.6) is 0 Å². The molecule has 6 nitrogen and oxygen atoms in total. The number of fused-ring (bicyclic) bond motifs is 3. The molecule has 1 aliphatic rings. The van der Waals surface area contributed by atoms with Crippen LogP contribution >= 0.6 is 15.2 Å². The lowest BCUT2D eigenvalue weighted by atomic mass is 9.76. The van der Waals surface area contributed by atoms with E-state index in [0.717, 1.165) is 24.0 Å². The highest BCUT2D eigenvalue weighted by Crippen LogP contribution is 2.56. The molecule has 0 bridgehead atoms. The second kappa shape index (κ2) is 11.9. The highest BCUT2D eigenvalue weighted by molar-refractivity contribution is 7.53. The van der Waals surface area contributed by atoms with E-state index < -0.39 is 15.2 Å². The summed E-state index contributed by atoms with van der Waals surface area (Å²) in [5, 5.41) is 0. The minimum atomic E-state index is -3.20. The second-order valence-corrected chi connectivity index (χ2v) is 13.2. The average molecular weight is 523 g/mol. The third kappa shape index (κ3) is 6.18. The van der Waals surface area contributed by atoms with E-state index in [2.05, 4.69) is 38.1 Å². The second-order valence-electron chi connectivity index (χ2n) is 9.05. The minimum Gasteiger partial charge on any atom is -0.309 e. The molecule has 8 heteroatoms. The van der Waals surface area contributed by atoms with E-state index in [0.29, 0.717) is 26.4 Å². The summed E-state index contributed by atoms with van der Waals surface area (Å²) >= 11 is 0. The molecule has 0 spiro atoms. The van der Waals surface area contributed by atoms with Crippen LogP contribution in [-0.2, 0) is 45.0 Å². The molecular weight excluding hydrogens is 482 g/mol. The van der Waals surface area contributed by atoms with Crippen LogP contribution in [0.25, 0.3) is 11.1 Å². The molecule has 2 aromatic carbocycles. The van der Waals surface area contributed by atoms with Crippen LogP contribution < -0.4 is 0 Å². The number of hydrogen-bond acceptors (Lipinski definition) is 6. The Hall–Kier alpha value is -1.26. The van der Waals surface area contributed by atoms with Crippen molar-refractivity contribution < 1.29 is 27.2 Å². The predicted molar refractivity (Wildman–Crippen MR) is 142 cm³/mol. The van der Waals surface area contributed by atoms with Gasteiger partial charge in [-0.15, -0.1) is 0 Å².